The van der Waals surface area contributed by atoms with Crippen LogP contribution in [0.1, 0.15) is 278 Å². The molecular formula is C61H108O5. The van der Waals surface area contributed by atoms with Crippen LogP contribution in [-0.4, -0.2) is 37.9 Å². The number of carbonyl (C=O) groups is 2. The largest absolute Gasteiger partial charge is 0.462 e. The first-order valence-electron chi connectivity index (χ1n) is 28.5. The van der Waals surface area contributed by atoms with Gasteiger partial charge in [0, 0.05) is 19.4 Å². The van der Waals surface area contributed by atoms with Crippen molar-refractivity contribution in [3.63, 3.8) is 0 Å². The minimum atomic E-state index is -0.552. The molecule has 1 unspecified atom stereocenters. The first kappa shape index (κ1) is 63.3. The monoisotopic (exact) mass is 921 g/mol. The van der Waals surface area contributed by atoms with E-state index < -0.39 is 6.10 Å². The van der Waals surface area contributed by atoms with Crippen molar-refractivity contribution in [1.82, 2.24) is 0 Å². The Kier molecular flexibility index (Phi) is 54.4. The van der Waals surface area contributed by atoms with Crippen LogP contribution in [0.5, 0.6) is 0 Å². The fourth-order valence-corrected chi connectivity index (χ4v) is 7.96. The molecule has 0 fully saturated rings. The summed E-state index contributed by atoms with van der Waals surface area (Å²) in [7, 11) is 0. The first-order valence-corrected chi connectivity index (χ1v) is 28.5. The molecular weight excluding hydrogens is 813 g/mol. The van der Waals surface area contributed by atoms with Gasteiger partial charge in [-0.2, -0.15) is 0 Å². The number of ether oxygens (including phenoxy) is 3. The lowest BCUT2D eigenvalue weighted by Crippen LogP contribution is -2.30. The molecule has 0 saturated carbocycles. The van der Waals surface area contributed by atoms with E-state index in [4.69, 9.17) is 14.2 Å². The van der Waals surface area contributed by atoms with Crippen molar-refractivity contribution in [3.8, 4) is 0 Å². The molecule has 66 heavy (non-hydrogen) atoms. The molecule has 0 aromatic heterocycles. The summed E-state index contributed by atoms with van der Waals surface area (Å²) in [5.41, 5.74) is 0. The average Bonchev–Trinajstić information content (AvgIpc) is 3.32. The molecule has 0 amide bonds. The molecule has 0 heterocycles. The Hall–Kier alpha value is -2.66. The minimum absolute atomic E-state index is 0.0734. The van der Waals surface area contributed by atoms with Crippen molar-refractivity contribution in [3.05, 3.63) is 72.9 Å². The fourth-order valence-electron chi connectivity index (χ4n) is 7.96. The van der Waals surface area contributed by atoms with Gasteiger partial charge in [0.25, 0.3) is 0 Å². The van der Waals surface area contributed by atoms with E-state index in [1.165, 1.54) is 161 Å². The Morgan fingerprint density at radius 1 is 0.348 bits per heavy atom. The van der Waals surface area contributed by atoms with Crippen LogP contribution in [0.2, 0.25) is 0 Å². The molecule has 0 radical (unpaired) electrons. The van der Waals surface area contributed by atoms with E-state index in [0.29, 0.717) is 19.4 Å². The Balaban J connectivity index is 4.29. The van der Waals surface area contributed by atoms with Crippen LogP contribution in [0.4, 0.5) is 0 Å². The van der Waals surface area contributed by atoms with Gasteiger partial charge in [0.05, 0.1) is 6.61 Å². The molecule has 0 saturated heterocycles. The normalized spacial score (nSPS) is 12.7. The molecule has 0 aromatic carbocycles. The Morgan fingerprint density at radius 3 is 1.14 bits per heavy atom. The Morgan fingerprint density at radius 2 is 0.682 bits per heavy atom. The maximum atomic E-state index is 12.8. The molecule has 0 aliphatic heterocycles. The van der Waals surface area contributed by atoms with Gasteiger partial charge in [0.15, 0.2) is 6.10 Å². The highest BCUT2D eigenvalue weighted by atomic mass is 16.6. The van der Waals surface area contributed by atoms with Crippen LogP contribution >= 0.6 is 0 Å². The lowest BCUT2D eigenvalue weighted by atomic mass is 10.1. The van der Waals surface area contributed by atoms with Crippen molar-refractivity contribution < 1.29 is 23.8 Å². The average molecular weight is 922 g/mol. The summed E-state index contributed by atoms with van der Waals surface area (Å²) in [5, 5.41) is 0. The number of unbranched alkanes of at least 4 members (excludes halogenated alkanes) is 29. The highest BCUT2D eigenvalue weighted by Gasteiger charge is 2.17. The van der Waals surface area contributed by atoms with Crippen molar-refractivity contribution >= 4 is 11.9 Å². The second-order valence-corrected chi connectivity index (χ2v) is 18.8. The third kappa shape index (κ3) is 54.0. The van der Waals surface area contributed by atoms with Gasteiger partial charge in [0.2, 0.25) is 0 Å². The summed E-state index contributed by atoms with van der Waals surface area (Å²) in [6.07, 6.45) is 73.4. The van der Waals surface area contributed by atoms with Gasteiger partial charge >= 0.3 is 11.9 Å². The number of hydrogen-bond acceptors (Lipinski definition) is 5. The molecule has 0 aromatic rings. The summed E-state index contributed by atoms with van der Waals surface area (Å²) in [5.74, 6) is -0.412. The summed E-state index contributed by atoms with van der Waals surface area (Å²) < 4.78 is 17.5. The third-order valence-corrected chi connectivity index (χ3v) is 12.2. The van der Waals surface area contributed by atoms with Crippen molar-refractivity contribution in [1.29, 1.82) is 0 Å². The van der Waals surface area contributed by atoms with E-state index in [0.717, 1.165) is 83.5 Å². The van der Waals surface area contributed by atoms with Crippen LogP contribution < -0.4 is 0 Å². The van der Waals surface area contributed by atoms with Gasteiger partial charge < -0.3 is 14.2 Å². The standard InChI is InChI=1S/C61H108O5/c1-4-7-10-13-16-19-22-25-28-30-31-32-34-36-39-42-45-48-51-54-60(62)65-58-59(57-64-56-53-50-47-44-41-38-35-29-26-23-20-17-14-11-8-5-2)66-61(63)55-52-49-46-43-40-37-33-27-24-21-18-15-12-9-6-3/h8,11,16-17,19-20,25-29,33,59H,4-7,9-10,12-15,18,21-24,30-32,34-58H2,1-3H3/b11-8-,19-16-,20-17-,28-25-,29-26-,33-27-. The second-order valence-electron chi connectivity index (χ2n) is 18.8. The van der Waals surface area contributed by atoms with E-state index in [1.54, 1.807) is 0 Å². The van der Waals surface area contributed by atoms with E-state index in [-0.39, 0.29) is 25.2 Å². The Bertz CT molecular complexity index is 1180. The number of esters is 2. The molecule has 0 bridgehead atoms. The quantitative estimate of drug-likeness (QED) is 0.0346. The zero-order valence-corrected chi connectivity index (χ0v) is 44.0. The highest BCUT2D eigenvalue weighted by molar-refractivity contribution is 5.70. The zero-order valence-electron chi connectivity index (χ0n) is 44.0. The van der Waals surface area contributed by atoms with Crippen LogP contribution in [0.15, 0.2) is 72.9 Å². The fraction of sp³-hybridized carbons (Fsp3) is 0.770. The van der Waals surface area contributed by atoms with Crippen LogP contribution in [-0.2, 0) is 23.8 Å². The van der Waals surface area contributed by atoms with Crippen molar-refractivity contribution in [2.24, 2.45) is 0 Å². The van der Waals surface area contributed by atoms with Crippen LogP contribution in [0.25, 0.3) is 0 Å². The molecule has 0 aliphatic carbocycles. The second kappa shape index (κ2) is 56.7. The van der Waals surface area contributed by atoms with Gasteiger partial charge in [0.1, 0.15) is 6.61 Å². The first-order chi connectivity index (χ1) is 32.6. The predicted molar refractivity (Wildman–Crippen MR) is 288 cm³/mol. The number of carbonyl (C=O) groups excluding carboxylic acids is 2. The van der Waals surface area contributed by atoms with Gasteiger partial charge in [-0.3, -0.25) is 9.59 Å². The number of hydrogen-bond donors (Lipinski definition) is 0. The highest BCUT2D eigenvalue weighted by Crippen LogP contribution is 2.15. The third-order valence-electron chi connectivity index (χ3n) is 12.2. The Labute approximate surface area is 410 Å². The van der Waals surface area contributed by atoms with Gasteiger partial charge in [-0.1, -0.05) is 229 Å². The summed E-state index contributed by atoms with van der Waals surface area (Å²) in [4.78, 5) is 25.5. The van der Waals surface area contributed by atoms with Crippen molar-refractivity contribution in [2.45, 2.75) is 284 Å². The molecule has 0 rings (SSSR count). The van der Waals surface area contributed by atoms with Crippen LogP contribution in [0, 0.1) is 0 Å². The smallest absolute Gasteiger partial charge is 0.306 e. The maximum absolute atomic E-state index is 12.8. The van der Waals surface area contributed by atoms with Crippen molar-refractivity contribution in [2.75, 3.05) is 19.8 Å². The molecule has 382 valence electrons. The number of allylic oxidation sites excluding steroid dienone is 12. The molecule has 1 atom stereocenters. The molecule has 5 heteroatoms. The topological polar surface area (TPSA) is 61.8 Å². The molecule has 5 nitrogen and oxygen atoms in total. The molecule has 0 N–H and O–H groups in total. The molecule has 0 spiro atoms. The van der Waals surface area contributed by atoms with Gasteiger partial charge in [-0.05, 0) is 109 Å². The maximum Gasteiger partial charge on any atom is 0.306 e. The van der Waals surface area contributed by atoms with E-state index in [1.807, 2.05) is 0 Å². The lowest BCUT2D eigenvalue weighted by Gasteiger charge is -2.18. The lowest BCUT2D eigenvalue weighted by molar-refractivity contribution is -0.163. The zero-order chi connectivity index (χ0) is 47.7. The van der Waals surface area contributed by atoms with Gasteiger partial charge in [-0.15, -0.1) is 0 Å². The van der Waals surface area contributed by atoms with Gasteiger partial charge in [-0.25, -0.2) is 0 Å². The summed E-state index contributed by atoms with van der Waals surface area (Å²) >= 11 is 0. The minimum Gasteiger partial charge on any atom is -0.462 e. The van der Waals surface area contributed by atoms with E-state index >= 15 is 0 Å². The van der Waals surface area contributed by atoms with E-state index in [2.05, 4.69) is 93.7 Å². The summed E-state index contributed by atoms with van der Waals surface area (Å²) in [6.45, 7) is 7.67. The van der Waals surface area contributed by atoms with E-state index in [9.17, 15) is 9.59 Å². The van der Waals surface area contributed by atoms with Crippen LogP contribution in [0.3, 0.4) is 0 Å². The molecule has 0 aliphatic rings. The SMILES string of the molecule is CC/C=C\C/C=C\C/C=C\CCCCCCCCOCC(COC(=O)CCCCCCCCCCC/C=C\C/C=C\CCCCC)OC(=O)CCCCCCC/C=C\CCCCCCCC. The summed E-state index contributed by atoms with van der Waals surface area (Å²) in [6, 6.07) is 0. The predicted octanol–water partition coefficient (Wildman–Crippen LogP) is 19.5. The number of rotatable bonds is 52.